The number of hydrogen-bond acceptors (Lipinski definition) is 5. The topological polar surface area (TPSA) is 49.4 Å². The van der Waals surface area contributed by atoms with Crippen LogP contribution in [-0.4, -0.2) is 37.6 Å². The van der Waals surface area contributed by atoms with E-state index in [0.717, 1.165) is 18.9 Å². The van der Waals surface area contributed by atoms with Crippen LogP contribution in [0.3, 0.4) is 0 Å². The van der Waals surface area contributed by atoms with E-state index in [1.165, 1.54) is 17.4 Å². The first-order valence-corrected chi connectivity index (χ1v) is 7.99. The van der Waals surface area contributed by atoms with E-state index in [2.05, 4.69) is 15.2 Å². The summed E-state index contributed by atoms with van der Waals surface area (Å²) in [5.41, 5.74) is 1.32. The van der Waals surface area contributed by atoms with Crippen molar-refractivity contribution in [2.75, 3.05) is 41.8 Å². The molecule has 0 spiro atoms. The van der Waals surface area contributed by atoms with Crippen LogP contribution in [-0.2, 0) is 4.74 Å². The Morgan fingerprint density at radius 2 is 1.64 bits per heavy atom. The summed E-state index contributed by atoms with van der Waals surface area (Å²) in [6.07, 6.45) is -4.46. The molecule has 2 N–H and O–H groups in total. The van der Waals surface area contributed by atoms with Crippen LogP contribution in [0.2, 0.25) is 5.15 Å². The quantitative estimate of drug-likeness (QED) is 0.621. The van der Waals surface area contributed by atoms with Crippen LogP contribution >= 0.6 is 11.6 Å². The van der Waals surface area contributed by atoms with E-state index in [4.69, 9.17) is 16.3 Å². The Kier molecular flexibility index (Phi) is 5.19. The van der Waals surface area contributed by atoms with E-state index in [1.807, 2.05) is 6.07 Å². The number of nitrogens with one attached hydrogen (secondary N) is 2. The molecule has 1 saturated heterocycles. The molecule has 1 aliphatic rings. The number of rotatable bonds is 4. The SMILES string of the molecule is FC(F)(F)Nc1ccc(Nc2cc(Cl)nc(N3CCOCC3)c2)cc1. The van der Waals surface area contributed by atoms with Gasteiger partial charge in [-0.2, -0.15) is 13.2 Å². The molecule has 9 heteroatoms. The highest BCUT2D eigenvalue weighted by Crippen LogP contribution is 2.27. The molecule has 0 atom stereocenters. The molecule has 1 aliphatic heterocycles. The molecule has 1 aromatic carbocycles. The zero-order valence-electron chi connectivity index (χ0n) is 13.1. The third-order valence-corrected chi connectivity index (χ3v) is 3.77. The normalized spacial score (nSPS) is 15.1. The molecule has 2 heterocycles. The van der Waals surface area contributed by atoms with Crippen LogP contribution in [0.4, 0.5) is 36.1 Å². The first-order chi connectivity index (χ1) is 11.9. The van der Waals surface area contributed by atoms with Gasteiger partial charge in [-0.15, -0.1) is 0 Å². The molecule has 0 radical (unpaired) electrons. The maximum atomic E-state index is 12.3. The molecule has 0 saturated carbocycles. The summed E-state index contributed by atoms with van der Waals surface area (Å²) < 4.78 is 42.2. The molecule has 3 rings (SSSR count). The average Bonchev–Trinajstić information content (AvgIpc) is 2.56. The number of aromatic nitrogens is 1. The number of halogens is 4. The Morgan fingerprint density at radius 3 is 2.28 bits per heavy atom. The molecule has 134 valence electrons. The maximum absolute atomic E-state index is 12.3. The highest BCUT2D eigenvalue weighted by molar-refractivity contribution is 6.29. The number of ether oxygens (including phenoxy) is 1. The van der Waals surface area contributed by atoms with Crippen molar-refractivity contribution in [2.24, 2.45) is 0 Å². The Balaban J connectivity index is 1.72. The maximum Gasteiger partial charge on any atom is 0.482 e. The van der Waals surface area contributed by atoms with Crippen molar-refractivity contribution in [1.29, 1.82) is 0 Å². The summed E-state index contributed by atoms with van der Waals surface area (Å²) >= 11 is 6.09. The van der Waals surface area contributed by atoms with Gasteiger partial charge >= 0.3 is 6.30 Å². The van der Waals surface area contributed by atoms with Gasteiger partial charge in [0.1, 0.15) is 11.0 Å². The second kappa shape index (κ2) is 7.37. The Bertz CT molecular complexity index is 718. The van der Waals surface area contributed by atoms with Crippen LogP contribution in [0.5, 0.6) is 0 Å². The zero-order valence-corrected chi connectivity index (χ0v) is 13.9. The van der Waals surface area contributed by atoms with Crippen molar-refractivity contribution < 1.29 is 17.9 Å². The van der Waals surface area contributed by atoms with E-state index < -0.39 is 6.30 Å². The lowest BCUT2D eigenvalue weighted by molar-refractivity contribution is -0.0999. The van der Waals surface area contributed by atoms with E-state index in [9.17, 15) is 13.2 Å². The highest BCUT2D eigenvalue weighted by Gasteiger charge is 2.26. The summed E-state index contributed by atoms with van der Waals surface area (Å²) in [4.78, 5) is 6.38. The molecular formula is C16H16ClF3N4O. The van der Waals surface area contributed by atoms with Crippen LogP contribution in [0.15, 0.2) is 36.4 Å². The lowest BCUT2D eigenvalue weighted by atomic mass is 10.2. The molecule has 0 aliphatic carbocycles. The lowest BCUT2D eigenvalue weighted by Crippen LogP contribution is -2.36. The van der Waals surface area contributed by atoms with Gasteiger partial charge < -0.3 is 15.0 Å². The van der Waals surface area contributed by atoms with Crippen molar-refractivity contribution in [2.45, 2.75) is 6.30 Å². The Labute approximate surface area is 147 Å². The monoisotopic (exact) mass is 372 g/mol. The lowest BCUT2D eigenvalue weighted by Gasteiger charge is -2.28. The van der Waals surface area contributed by atoms with E-state index in [1.54, 1.807) is 18.2 Å². The van der Waals surface area contributed by atoms with E-state index in [0.29, 0.717) is 29.7 Å². The van der Waals surface area contributed by atoms with Crippen LogP contribution in [0.25, 0.3) is 0 Å². The largest absolute Gasteiger partial charge is 0.482 e. The van der Waals surface area contributed by atoms with Gasteiger partial charge in [0.25, 0.3) is 0 Å². The van der Waals surface area contributed by atoms with Gasteiger partial charge in [-0.05, 0) is 30.3 Å². The minimum atomic E-state index is -4.46. The molecule has 1 fully saturated rings. The van der Waals surface area contributed by atoms with Crippen LogP contribution in [0.1, 0.15) is 0 Å². The predicted molar refractivity (Wildman–Crippen MR) is 91.7 cm³/mol. The summed E-state index contributed by atoms with van der Waals surface area (Å²) in [5, 5.41) is 4.91. The predicted octanol–water partition coefficient (Wildman–Crippen LogP) is 4.25. The summed E-state index contributed by atoms with van der Waals surface area (Å²) in [6, 6.07) is 9.31. The number of benzene rings is 1. The van der Waals surface area contributed by atoms with Gasteiger partial charge in [0.15, 0.2) is 0 Å². The summed E-state index contributed by atoms with van der Waals surface area (Å²) in [7, 11) is 0. The molecule has 2 aromatic rings. The average molecular weight is 373 g/mol. The minimum absolute atomic E-state index is 0.0279. The fraction of sp³-hybridized carbons (Fsp3) is 0.312. The molecule has 0 bridgehead atoms. The first-order valence-electron chi connectivity index (χ1n) is 7.61. The zero-order chi connectivity index (χ0) is 17.9. The second-order valence-electron chi connectivity index (χ2n) is 5.46. The third-order valence-electron chi connectivity index (χ3n) is 3.58. The van der Waals surface area contributed by atoms with Gasteiger partial charge in [0.05, 0.1) is 13.2 Å². The molecular weight excluding hydrogens is 357 g/mol. The highest BCUT2D eigenvalue weighted by atomic mass is 35.5. The number of alkyl halides is 3. The van der Waals surface area contributed by atoms with Crippen molar-refractivity contribution in [3.8, 4) is 0 Å². The Hall–Kier alpha value is -2.19. The van der Waals surface area contributed by atoms with E-state index >= 15 is 0 Å². The van der Waals surface area contributed by atoms with Crippen LogP contribution in [0, 0.1) is 0 Å². The van der Waals surface area contributed by atoms with Crippen molar-refractivity contribution in [3.63, 3.8) is 0 Å². The Morgan fingerprint density at radius 1 is 1.00 bits per heavy atom. The number of morpholine rings is 1. The number of nitrogens with zero attached hydrogens (tertiary/aromatic N) is 2. The first kappa shape index (κ1) is 17.6. The molecule has 0 unspecified atom stereocenters. The minimum Gasteiger partial charge on any atom is -0.378 e. The summed E-state index contributed by atoms with van der Waals surface area (Å²) in [5.74, 6) is 0.730. The third kappa shape index (κ3) is 5.14. The summed E-state index contributed by atoms with van der Waals surface area (Å²) in [6.45, 7) is 2.71. The standard InChI is InChI=1S/C16H16ClF3N4O/c17-14-9-13(10-15(22-14)24-5-7-25-8-6-24)21-11-1-3-12(4-2-11)23-16(18,19)20/h1-4,9-10,23H,5-8H2,(H,21,22). The van der Waals surface area contributed by atoms with Crippen LogP contribution < -0.4 is 15.5 Å². The smallest absolute Gasteiger partial charge is 0.378 e. The van der Waals surface area contributed by atoms with Gasteiger partial charge in [-0.25, -0.2) is 4.98 Å². The molecule has 25 heavy (non-hydrogen) atoms. The fourth-order valence-electron chi connectivity index (χ4n) is 2.48. The van der Waals surface area contributed by atoms with Crippen molar-refractivity contribution >= 4 is 34.5 Å². The number of anilines is 4. The number of hydrogen-bond donors (Lipinski definition) is 2. The second-order valence-corrected chi connectivity index (χ2v) is 5.85. The molecule has 5 nitrogen and oxygen atoms in total. The van der Waals surface area contributed by atoms with Crippen molar-refractivity contribution in [1.82, 2.24) is 4.98 Å². The van der Waals surface area contributed by atoms with Gasteiger partial charge in [-0.1, -0.05) is 11.6 Å². The van der Waals surface area contributed by atoms with E-state index in [-0.39, 0.29) is 5.69 Å². The van der Waals surface area contributed by atoms with Crippen molar-refractivity contribution in [3.05, 3.63) is 41.6 Å². The van der Waals surface area contributed by atoms with Gasteiger partial charge in [0.2, 0.25) is 0 Å². The van der Waals surface area contributed by atoms with Gasteiger partial charge in [0, 0.05) is 36.2 Å². The fourth-order valence-corrected chi connectivity index (χ4v) is 2.68. The van der Waals surface area contributed by atoms with Gasteiger partial charge in [-0.3, -0.25) is 5.32 Å². The number of pyridine rings is 1. The molecule has 0 amide bonds. The molecule has 1 aromatic heterocycles.